The standard InChI is InChI=1S/C14H12N2O3/c1-8-5-3-4-6-10(8)13-15-7-11(9(2)17)12(16-13)14(18)19/h3-7H,1-2H3,(H,18,19). The highest BCUT2D eigenvalue weighted by atomic mass is 16.4. The number of aryl methyl sites for hydroxylation is 1. The number of ketones is 1. The van der Waals surface area contributed by atoms with Crippen molar-refractivity contribution >= 4 is 11.8 Å². The van der Waals surface area contributed by atoms with Crippen LogP contribution < -0.4 is 0 Å². The molecule has 0 saturated heterocycles. The minimum Gasteiger partial charge on any atom is -0.476 e. The predicted octanol–water partition coefficient (Wildman–Crippen LogP) is 2.35. The third kappa shape index (κ3) is 2.49. The monoisotopic (exact) mass is 256 g/mol. The molecule has 0 aliphatic heterocycles. The Labute approximate surface area is 110 Å². The molecule has 0 spiro atoms. The molecule has 0 bridgehead atoms. The maximum atomic E-state index is 11.3. The largest absolute Gasteiger partial charge is 0.476 e. The summed E-state index contributed by atoms with van der Waals surface area (Å²) in [7, 11) is 0. The molecule has 5 heteroatoms. The molecule has 1 aromatic heterocycles. The van der Waals surface area contributed by atoms with Crippen LogP contribution in [0.25, 0.3) is 11.4 Å². The lowest BCUT2D eigenvalue weighted by molar-refractivity contribution is 0.0685. The first-order valence-corrected chi connectivity index (χ1v) is 5.68. The number of carbonyl (C=O) groups excluding carboxylic acids is 1. The zero-order valence-corrected chi connectivity index (χ0v) is 10.5. The highest BCUT2D eigenvalue weighted by Crippen LogP contribution is 2.20. The maximum Gasteiger partial charge on any atom is 0.355 e. The van der Waals surface area contributed by atoms with Crippen molar-refractivity contribution in [2.45, 2.75) is 13.8 Å². The van der Waals surface area contributed by atoms with E-state index in [1.807, 2.05) is 31.2 Å². The lowest BCUT2D eigenvalue weighted by atomic mass is 10.1. The summed E-state index contributed by atoms with van der Waals surface area (Å²) in [6.07, 6.45) is 1.26. The van der Waals surface area contributed by atoms with Gasteiger partial charge in [-0.05, 0) is 19.4 Å². The fraction of sp³-hybridized carbons (Fsp3) is 0.143. The molecule has 0 saturated carbocycles. The van der Waals surface area contributed by atoms with Gasteiger partial charge in [-0.25, -0.2) is 14.8 Å². The zero-order chi connectivity index (χ0) is 14.0. The number of carboxylic acids is 1. The first-order valence-electron chi connectivity index (χ1n) is 5.68. The average Bonchev–Trinajstić information content (AvgIpc) is 2.38. The molecule has 0 aliphatic rings. The summed E-state index contributed by atoms with van der Waals surface area (Å²) in [5.74, 6) is -1.29. The Bertz CT molecular complexity index is 665. The van der Waals surface area contributed by atoms with E-state index in [4.69, 9.17) is 5.11 Å². The summed E-state index contributed by atoms with van der Waals surface area (Å²) in [4.78, 5) is 30.6. The van der Waals surface area contributed by atoms with Crippen molar-refractivity contribution < 1.29 is 14.7 Å². The van der Waals surface area contributed by atoms with Gasteiger partial charge in [-0.3, -0.25) is 4.79 Å². The number of hydrogen-bond donors (Lipinski definition) is 1. The number of Topliss-reactive ketones (excluding diaryl/α,β-unsaturated/α-hetero) is 1. The van der Waals surface area contributed by atoms with Gasteiger partial charge < -0.3 is 5.11 Å². The molecule has 0 radical (unpaired) electrons. The Morgan fingerprint density at radius 1 is 1.21 bits per heavy atom. The molecule has 0 atom stereocenters. The Kier molecular flexibility index (Phi) is 3.37. The second-order valence-electron chi connectivity index (χ2n) is 4.13. The van der Waals surface area contributed by atoms with Gasteiger partial charge in [0.15, 0.2) is 17.3 Å². The molecular weight excluding hydrogens is 244 g/mol. The number of hydrogen-bond acceptors (Lipinski definition) is 4. The fourth-order valence-electron chi connectivity index (χ4n) is 1.76. The molecule has 0 aliphatic carbocycles. The predicted molar refractivity (Wildman–Crippen MR) is 69.2 cm³/mol. The lowest BCUT2D eigenvalue weighted by Crippen LogP contribution is -2.11. The van der Waals surface area contributed by atoms with Gasteiger partial charge >= 0.3 is 5.97 Å². The average molecular weight is 256 g/mol. The fourth-order valence-corrected chi connectivity index (χ4v) is 1.76. The Morgan fingerprint density at radius 2 is 1.89 bits per heavy atom. The molecule has 0 amide bonds. The first-order chi connectivity index (χ1) is 9.00. The van der Waals surface area contributed by atoms with Crippen molar-refractivity contribution in [2.24, 2.45) is 0 Å². The van der Waals surface area contributed by atoms with E-state index in [0.717, 1.165) is 11.1 Å². The second kappa shape index (κ2) is 4.97. The SMILES string of the molecule is CC(=O)c1cnc(-c2ccccc2C)nc1C(=O)O. The normalized spacial score (nSPS) is 10.2. The first kappa shape index (κ1) is 12.9. The number of carbonyl (C=O) groups is 2. The van der Waals surface area contributed by atoms with Crippen molar-refractivity contribution in [2.75, 3.05) is 0 Å². The molecule has 0 unspecified atom stereocenters. The van der Waals surface area contributed by atoms with E-state index in [-0.39, 0.29) is 17.0 Å². The number of aromatic carboxylic acids is 1. The van der Waals surface area contributed by atoms with E-state index in [1.165, 1.54) is 13.1 Å². The second-order valence-corrected chi connectivity index (χ2v) is 4.13. The van der Waals surface area contributed by atoms with E-state index in [2.05, 4.69) is 9.97 Å². The van der Waals surface area contributed by atoms with Crippen LogP contribution in [-0.2, 0) is 0 Å². The number of aromatic nitrogens is 2. The summed E-state index contributed by atoms with van der Waals surface area (Å²) in [5.41, 5.74) is 1.44. The van der Waals surface area contributed by atoms with Crippen molar-refractivity contribution in [3.63, 3.8) is 0 Å². The van der Waals surface area contributed by atoms with Gasteiger partial charge in [0.1, 0.15) is 0 Å². The number of nitrogens with zero attached hydrogens (tertiary/aromatic N) is 2. The van der Waals surface area contributed by atoms with Crippen LogP contribution >= 0.6 is 0 Å². The Balaban J connectivity index is 2.62. The minimum atomic E-state index is -1.23. The molecular formula is C14H12N2O3. The maximum absolute atomic E-state index is 11.3. The summed E-state index contributed by atoms with van der Waals surface area (Å²) >= 11 is 0. The number of rotatable bonds is 3. The Morgan fingerprint density at radius 3 is 2.47 bits per heavy atom. The van der Waals surface area contributed by atoms with Crippen LogP contribution in [0.2, 0.25) is 0 Å². The molecule has 96 valence electrons. The van der Waals surface area contributed by atoms with Gasteiger partial charge in [-0.1, -0.05) is 24.3 Å². The summed E-state index contributed by atoms with van der Waals surface area (Å²) in [6.45, 7) is 3.18. The van der Waals surface area contributed by atoms with Gasteiger partial charge in [0.25, 0.3) is 0 Å². The van der Waals surface area contributed by atoms with Gasteiger partial charge in [0, 0.05) is 11.8 Å². The number of carboxylic acid groups (broad SMARTS) is 1. The van der Waals surface area contributed by atoms with Gasteiger partial charge in [-0.2, -0.15) is 0 Å². The molecule has 2 aromatic rings. The summed E-state index contributed by atoms with van der Waals surface area (Å²) in [5, 5.41) is 9.11. The van der Waals surface area contributed by atoms with E-state index in [1.54, 1.807) is 0 Å². The van der Waals surface area contributed by atoms with Crippen LogP contribution in [0.5, 0.6) is 0 Å². The van der Waals surface area contributed by atoms with Crippen molar-refractivity contribution in [3.8, 4) is 11.4 Å². The van der Waals surface area contributed by atoms with Crippen molar-refractivity contribution in [1.29, 1.82) is 0 Å². The highest BCUT2D eigenvalue weighted by molar-refractivity contribution is 6.03. The number of benzene rings is 1. The summed E-state index contributed by atoms with van der Waals surface area (Å²) in [6, 6.07) is 7.40. The van der Waals surface area contributed by atoms with E-state index >= 15 is 0 Å². The summed E-state index contributed by atoms with van der Waals surface area (Å²) < 4.78 is 0. The molecule has 1 heterocycles. The molecule has 2 rings (SSSR count). The third-order valence-corrected chi connectivity index (χ3v) is 2.76. The zero-order valence-electron chi connectivity index (χ0n) is 10.5. The molecule has 0 fully saturated rings. The van der Waals surface area contributed by atoms with Gasteiger partial charge in [-0.15, -0.1) is 0 Å². The Hall–Kier alpha value is -2.56. The topological polar surface area (TPSA) is 80.2 Å². The molecule has 19 heavy (non-hydrogen) atoms. The third-order valence-electron chi connectivity index (χ3n) is 2.76. The van der Waals surface area contributed by atoms with E-state index in [0.29, 0.717) is 5.82 Å². The highest BCUT2D eigenvalue weighted by Gasteiger charge is 2.18. The van der Waals surface area contributed by atoms with Crippen LogP contribution in [0.4, 0.5) is 0 Å². The van der Waals surface area contributed by atoms with Crippen molar-refractivity contribution in [1.82, 2.24) is 9.97 Å². The molecule has 1 N–H and O–H groups in total. The van der Waals surface area contributed by atoms with Crippen LogP contribution in [0.3, 0.4) is 0 Å². The van der Waals surface area contributed by atoms with Crippen LogP contribution in [0.15, 0.2) is 30.5 Å². The smallest absolute Gasteiger partial charge is 0.355 e. The van der Waals surface area contributed by atoms with E-state index in [9.17, 15) is 9.59 Å². The van der Waals surface area contributed by atoms with E-state index < -0.39 is 5.97 Å². The molecule has 1 aromatic carbocycles. The van der Waals surface area contributed by atoms with Crippen molar-refractivity contribution in [3.05, 3.63) is 47.3 Å². The lowest BCUT2D eigenvalue weighted by Gasteiger charge is -2.07. The van der Waals surface area contributed by atoms with Gasteiger partial charge in [0.05, 0.1) is 5.56 Å². The quantitative estimate of drug-likeness (QED) is 0.852. The van der Waals surface area contributed by atoms with Crippen LogP contribution in [0.1, 0.15) is 33.3 Å². The molecule has 5 nitrogen and oxygen atoms in total. The van der Waals surface area contributed by atoms with Crippen LogP contribution in [0, 0.1) is 6.92 Å². The minimum absolute atomic E-state index is 0.0184. The van der Waals surface area contributed by atoms with Crippen LogP contribution in [-0.4, -0.2) is 26.8 Å². The van der Waals surface area contributed by atoms with Gasteiger partial charge in [0.2, 0.25) is 0 Å².